The summed E-state index contributed by atoms with van der Waals surface area (Å²) in [5.74, 6) is 0.620. The molecule has 1 N–H and O–H groups in total. The molecule has 1 aliphatic heterocycles. The van der Waals surface area contributed by atoms with Crippen LogP contribution in [0.25, 0.3) is 0 Å². The number of methoxy groups -OCH3 is 1. The summed E-state index contributed by atoms with van der Waals surface area (Å²) in [6.07, 6.45) is 3.83. The first-order chi connectivity index (χ1) is 13.1. The number of hydrogen-bond acceptors (Lipinski definition) is 3. The van der Waals surface area contributed by atoms with Crippen molar-refractivity contribution < 1.29 is 14.3 Å². The third kappa shape index (κ3) is 3.65. The van der Waals surface area contributed by atoms with E-state index in [0.29, 0.717) is 22.0 Å². The molecule has 0 spiro atoms. The van der Waals surface area contributed by atoms with E-state index in [0.717, 1.165) is 43.5 Å². The monoisotopic (exact) mass is 384 g/mol. The maximum absolute atomic E-state index is 12.7. The van der Waals surface area contributed by atoms with E-state index in [-0.39, 0.29) is 17.7 Å². The summed E-state index contributed by atoms with van der Waals surface area (Å²) in [7, 11) is 1.52. The van der Waals surface area contributed by atoms with Crippen LogP contribution < -0.4 is 15.0 Å². The zero-order chi connectivity index (χ0) is 19.0. The second kappa shape index (κ2) is 7.24. The fourth-order valence-corrected chi connectivity index (χ4v) is 3.68. The first-order valence-corrected chi connectivity index (χ1v) is 9.54. The fourth-order valence-electron chi connectivity index (χ4n) is 3.51. The number of nitrogens with one attached hydrogen (secondary N) is 1. The number of nitrogens with zero attached hydrogens (tertiary/aromatic N) is 1. The topological polar surface area (TPSA) is 58.6 Å². The fraction of sp³-hybridized carbons (Fsp3) is 0.333. The average molecular weight is 385 g/mol. The van der Waals surface area contributed by atoms with Gasteiger partial charge in [0.1, 0.15) is 5.75 Å². The van der Waals surface area contributed by atoms with Crippen LogP contribution in [-0.4, -0.2) is 25.5 Å². The Balaban J connectivity index is 1.56. The second-order valence-corrected chi connectivity index (χ2v) is 7.45. The van der Waals surface area contributed by atoms with Gasteiger partial charge in [-0.05, 0) is 67.6 Å². The summed E-state index contributed by atoms with van der Waals surface area (Å²) in [6.45, 7) is 0.772. The maximum atomic E-state index is 12.7. The van der Waals surface area contributed by atoms with Gasteiger partial charge in [-0.15, -0.1) is 0 Å². The van der Waals surface area contributed by atoms with Crippen LogP contribution in [0.15, 0.2) is 36.4 Å². The molecule has 1 fully saturated rings. The number of rotatable bonds is 4. The molecule has 4 rings (SSSR count). The lowest BCUT2D eigenvalue weighted by Gasteiger charge is -2.30. The highest BCUT2D eigenvalue weighted by atomic mass is 35.5. The van der Waals surface area contributed by atoms with Crippen molar-refractivity contribution in [1.82, 2.24) is 0 Å². The van der Waals surface area contributed by atoms with Crippen molar-refractivity contribution in [3.8, 4) is 5.75 Å². The molecule has 2 aliphatic rings. The van der Waals surface area contributed by atoms with Gasteiger partial charge >= 0.3 is 0 Å². The first-order valence-electron chi connectivity index (χ1n) is 9.16. The van der Waals surface area contributed by atoms with Gasteiger partial charge in [-0.25, -0.2) is 0 Å². The molecule has 5 nitrogen and oxygen atoms in total. The molecule has 2 aromatic carbocycles. The van der Waals surface area contributed by atoms with Gasteiger partial charge in [0.2, 0.25) is 5.91 Å². The highest BCUT2D eigenvalue weighted by molar-refractivity contribution is 6.31. The predicted octanol–water partition coefficient (Wildman–Crippen LogP) is 4.29. The van der Waals surface area contributed by atoms with E-state index in [9.17, 15) is 9.59 Å². The normalized spacial score (nSPS) is 15.9. The molecule has 0 saturated heterocycles. The van der Waals surface area contributed by atoms with Gasteiger partial charge < -0.3 is 15.0 Å². The van der Waals surface area contributed by atoms with E-state index in [4.69, 9.17) is 16.3 Å². The minimum Gasteiger partial charge on any atom is -0.496 e. The third-order valence-corrected chi connectivity index (χ3v) is 5.29. The van der Waals surface area contributed by atoms with Gasteiger partial charge in [-0.2, -0.15) is 0 Å². The molecule has 2 amide bonds. The first kappa shape index (κ1) is 17.9. The number of hydrogen-bond donors (Lipinski definition) is 1. The Morgan fingerprint density at radius 3 is 2.74 bits per heavy atom. The summed E-state index contributed by atoms with van der Waals surface area (Å²) >= 11 is 6.02. The lowest BCUT2D eigenvalue weighted by Crippen LogP contribution is -2.36. The van der Waals surface area contributed by atoms with Crippen LogP contribution in [0.3, 0.4) is 0 Å². The maximum Gasteiger partial charge on any atom is 0.259 e. The Morgan fingerprint density at radius 1 is 1.19 bits per heavy atom. The largest absolute Gasteiger partial charge is 0.496 e. The Morgan fingerprint density at radius 2 is 2.00 bits per heavy atom. The zero-order valence-corrected chi connectivity index (χ0v) is 15.9. The van der Waals surface area contributed by atoms with Crippen LogP contribution in [0.4, 0.5) is 11.4 Å². The van der Waals surface area contributed by atoms with Crippen molar-refractivity contribution in [2.45, 2.75) is 25.7 Å². The summed E-state index contributed by atoms with van der Waals surface area (Å²) in [4.78, 5) is 27.1. The number of anilines is 2. The molecule has 0 bridgehead atoms. The summed E-state index contributed by atoms with van der Waals surface area (Å²) in [6, 6.07) is 10.7. The Bertz CT molecular complexity index is 908. The second-order valence-electron chi connectivity index (χ2n) is 7.01. The highest BCUT2D eigenvalue weighted by Crippen LogP contribution is 2.36. The Kier molecular flexibility index (Phi) is 4.79. The van der Waals surface area contributed by atoms with E-state index in [1.54, 1.807) is 18.2 Å². The van der Waals surface area contributed by atoms with Crippen LogP contribution in [0.2, 0.25) is 5.02 Å². The molecule has 0 radical (unpaired) electrons. The van der Waals surface area contributed by atoms with Crippen molar-refractivity contribution in [1.29, 1.82) is 0 Å². The molecule has 0 aromatic heterocycles. The predicted molar refractivity (Wildman–Crippen MR) is 106 cm³/mol. The lowest BCUT2D eigenvalue weighted by molar-refractivity contribution is -0.119. The van der Waals surface area contributed by atoms with Gasteiger partial charge in [-0.3, -0.25) is 9.59 Å². The smallest absolute Gasteiger partial charge is 0.259 e. The highest BCUT2D eigenvalue weighted by Gasteiger charge is 2.35. The molecular formula is C21H21ClN2O3. The van der Waals surface area contributed by atoms with Crippen molar-refractivity contribution in [2.24, 2.45) is 5.92 Å². The van der Waals surface area contributed by atoms with Crippen LogP contribution >= 0.6 is 11.6 Å². The van der Waals surface area contributed by atoms with E-state index < -0.39 is 0 Å². The molecule has 27 heavy (non-hydrogen) atoms. The lowest BCUT2D eigenvalue weighted by atomic mass is 10.00. The van der Waals surface area contributed by atoms with Crippen LogP contribution in [0.5, 0.6) is 5.75 Å². The van der Waals surface area contributed by atoms with Crippen molar-refractivity contribution in [2.75, 3.05) is 23.9 Å². The number of halogens is 1. The quantitative estimate of drug-likeness (QED) is 0.855. The standard InChI is InChI=1S/C21H21ClN2O3/c1-27-19-9-6-15(22)12-17(19)20(25)23-16-7-8-18-14(11-16)3-2-10-24(18)21(26)13-4-5-13/h6-9,11-13H,2-5,10H2,1H3,(H,23,25). The van der Waals surface area contributed by atoms with Gasteiger partial charge in [0.25, 0.3) is 5.91 Å². The van der Waals surface area contributed by atoms with Crippen LogP contribution in [0.1, 0.15) is 35.2 Å². The molecule has 1 saturated carbocycles. The van der Waals surface area contributed by atoms with Gasteiger partial charge in [-0.1, -0.05) is 11.6 Å². The average Bonchev–Trinajstić information content (AvgIpc) is 3.52. The molecule has 1 heterocycles. The number of ether oxygens (including phenoxy) is 1. The van der Waals surface area contributed by atoms with E-state index >= 15 is 0 Å². The molecule has 6 heteroatoms. The number of benzene rings is 2. The number of carbonyl (C=O) groups is 2. The third-order valence-electron chi connectivity index (χ3n) is 5.05. The minimum atomic E-state index is -0.281. The zero-order valence-electron chi connectivity index (χ0n) is 15.1. The van der Waals surface area contributed by atoms with Crippen LogP contribution in [-0.2, 0) is 11.2 Å². The van der Waals surface area contributed by atoms with Crippen molar-refractivity contribution >= 4 is 34.8 Å². The number of fused-ring (bicyclic) bond motifs is 1. The van der Waals surface area contributed by atoms with E-state index in [2.05, 4.69) is 5.32 Å². The molecular weight excluding hydrogens is 364 g/mol. The number of amides is 2. The van der Waals surface area contributed by atoms with Crippen molar-refractivity contribution in [3.63, 3.8) is 0 Å². The Hall–Kier alpha value is -2.53. The molecule has 0 unspecified atom stereocenters. The summed E-state index contributed by atoms with van der Waals surface area (Å²) < 4.78 is 5.25. The summed E-state index contributed by atoms with van der Waals surface area (Å²) in [5.41, 5.74) is 3.14. The molecule has 2 aromatic rings. The molecule has 140 valence electrons. The van der Waals surface area contributed by atoms with Crippen molar-refractivity contribution in [3.05, 3.63) is 52.5 Å². The summed E-state index contributed by atoms with van der Waals surface area (Å²) in [5, 5.41) is 3.38. The minimum absolute atomic E-state index is 0.200. The van der Waals surface area contributed by atoms with Gasteiger partial charge in [0.15, 0.2) is 0 Å². The van der Waals surface area contributed by atoms with Crippen LogP contribution in [0, 0.1) is 5.92 Å². The van der Waals surface area contributed by atoms with E-state index in [1.165, 1.54) is 7.11 Å². The van der Waals surface area contributed by atoms with Gasteiger partial charge in [0.05, 0.1) is 12.7 Å². The Labute approximate surface area is 163 Å². The van der Waals surface area contributed by atoms with E-state index in [1.807, 2.05) is 23.1 Å². The SMILES string of the molecule is COc1ccc(Cl)cc1C(=O)Nc1ccc2c(c1)CCCN2C(=O)C1CC1. The van der Waals surface area contributed by atoms with Gasteiger partial charge in [0, 0.05) is 28.9 Å². The number of aryl methyl sites for hydroxylation is 1. The molecule has 1 aliphatic carbocycles. The molecule has 0 atom stereocenters. The number of carbonyl (C=O) groups excluding carboxylic acids is 2.